The number of ketones is 1. The topological polar surface area (TPSA) is 30.0 Å². The summed E-state index contributed by atoms with van der Waals surface area (Å²) in [5.41, 5.74) is 1.34. The van der Waals surface area contributed by atoms with E-state index < -0.39 is 0 Å². The van der Waals surface area contributed by atoms with Crippen LogP contribution in [0.15, 0.2) is 46.9 Å². The fourth-order valence-corrected chi connectivity index (χ4v) is 2.18. The fraction of sp³-hybridized carbons (Fsp3) is 0.0769. The zero-order chi connectivity index (χ0) is 12.3. The van der Waals surface area contributed by atoms with Crippen molar-refractivity contribution in [2.45, 2.75) is 6.42 Å². The summed E-state index contributed by atoms with van der Waals surface area (Å²) in [6, 6.07) is 12.6. The number of carbonyl (C=O) groups excluding carboxylic acids is 1. The van der Waals surface area contributed by atoms with E-state index in [-0.39, 0.29) is 12.2 Å². The van der Waals surface area contributed by atoms with E-state index in [0.717, 1.165) is 4.47 Å². The van der Waals surface area contributed by atoms with Crippen LogP contribution < -0.4 is 0 Å². The Labute approximate surface area is 113 Å². The van der Waals surface area contributed by atoms with Crippen molar-refractivity contribution >= 4 is 33.3 Å². The van der Waals surface area contributed by atoms with Crippen LogP contribution in [0.3, 0.4) is 0 Å². The molecule has 0 fully saturated rings. The Morgan fingerprint density at radius 1 is 1.18 bits per heavy atom. The molecule has 0 radical (unpaired) electrons. The molecule has 1 aromatic heterocycles. The molecule has 1 aromatic carbocycles. The molecular formula is C13H9BrClNO. The number of benzene rings is 1. The van der Waals surface area contributed by atoms with Gasteiger partial charge in [0.1, 0.15) is 5.15 Å². The summed E-state index contributed by atoms with van der Waals surface area (Å²) < 4.78 is 0.798. The summed E-state index contributed by atoms with van der Waals surface area (Å²) in [5.74, 6) is 0.0206. The first kappa shape index (κ1) is 12.3. The lowest BCUT2D eigenvalue weighted by Crippen LogP contribution is -2.05. The van der Waals surface area contributed by atoms with Crippen LogP contribution in [-0.2, 0) is 6.42 Å². The molecule has 86 valence electrons. The van der Waals surface area contributed by atoms with Gasteiger partial charge in [0.15, 0.2) is 5.78 Å². The van der Waals surface area contributed by atoms with Crippen LogP contribution in [0.25, 0.3) is 0 Å². The van der Waals surface area contributed by atoms with Gasteiger partial charge in [-0.2, -0.15) is 0 Å². The zero-order valence-electron chi connectivity index (χ0n) is 8.86. The van der Waals surface area contributed by atoms with Gasteiger partial charge < -0.3 is 0 Å². The van der Waals surface area contributed by atoms with Gasteiger partial charge in [-0.05, 0) is 18.2 Å². The highest BCUT2D eigenvalue weighted by molar-refractivity contribution is 9.10. The second-order valence-electron chi connectivity index (χ2n) is 3.53. The third-order valence-corrected chi connectivity index (χ3v) is 3.19. The normalized spacial score (nSPS) is 10.2. The van der Waals surface area contributed by atoms with Crippen molar-refractivity contribution in [3.05, 3.63) is 63.3 Å². The lowest BCUT2D eigenvalue weighted by atomic mass is 10.1. The Morgan fingerprint density at radius 2 is 1.94 bits per heavy atom. The predicted molar refractivity (Wildman–Crippen MR) is 71.4 cm³/mol. The van der Waals surface area contributed by atoms with E-state index in [1.54, 1.807) is 24.3 Å². The van der Waals surface area contributed by atoms with Crippen molar-refractivity contribution in [1.29, 1.82) is 0 Å². The van der Waals surface area contributed by atoms with Gasteiger partial charge in [-0.1, -0.05) is 51.8 Å². The van der Waals surface area contributed by atoms with E-state index in [0.29, 0.717) is 16.4 Å². The third kappa shape index (κ3) is 3.14. The molecular weight excluding hydrogens is 302 g/mol. The lowest BCUT2D eigenvalue weighted by Gasteiger charge is -2.03. The molecule has 1 heterocycles. The molecule has 2 rings (SSSR count). The Kier molecular flexibility index (Phi) is 3.92. The molecule has 0 N–H and O–H groups in total. The van der Waals surface area contributed by atoms with Gasteiger partial charge in [-0.15, -0.1) is 0 Å². The Balaban J connectivity index is 2.20. The number of Topliss-reactive ketones (excluding diaryl/α,β-unsaturated/α-hetero) is 1. The van der Waals surface area contributed by atoms with E-state index in [9.17, 15) is 4.79 Å². The van der Waals surface area contributed by atoms with Gasteiger partial charge in [0.2, 0.25) is 0 Å². The van der Waals surface area contributed by atoms with Gasteiger partial charge >= 0.3 is 0 Å². The standard InChI is InChI=1S/C13H9BrClNO/c14-11-6-2-1-5-10(11)12(17)8-9-4-3-7-13(15)16-9/h1-7H,8H2. The van der Waals surface area contributed by atoms with E-state index in [1.807, 2.05) is 18.2 Å². The van der Waals surface area contributed by atoms with E-state index in [1.165, 1.54) is 0 Å². The van der Waals surface area contributed by atoms with Crippen molar-refractivity contribution in [2.24, 2.45) is 0 Å². The van der Waals surface area contributed by atoms with Gasteiger partial charge in [0, 0.05) is 15.7 Å². The third-order valence-electron chi connectivity index (χ3n) is 2.29. The summed E-state index contributed by atoms with van der Waals surface area (Å²) in [6.45, 7) is 0. The molecule has 0 atom stereocenters. The molecule has 0 saturated carbocycles. The largest absolute Gasteiger partial charge is 0.294 e. The summed E-state index contributed by atoms with van der Waals surface area (Å²) in [5, 5.41) is 0.405. The number of halogens is 2. The Bertz CT molecular complexity index is 557. The molecule has 0 aliphatic heterocycles. The zero-order valence-corrected chi connectivity index (χ0v) is 11.2. The quantitative estimate of drug-likeness (QED) is 0.635. The van der Waals surface area contributed by atoms with E-state index in [4.69, 9.17) is 11.6 Å². The van der Waals surface area contributed by atoms with Crippen LogP contribution in [0.2, 0.25) is 5.15 Å². The minimum absolute atomic E-state index is 0.0206. The molecule has 2 aromatic rings. The summed E-state index contributed by atoms with van der Waals surface area (Å²) >= 11 is 9.13. The van der Waals surface area contributed by atoms with Gasteiger partial charge in [0.25, 0.3) is 0 Å². The molecule has 0 aliphatic carbocycles. The number of aromatic nitrogens is 1. The molecule has 0 amide bonds. The van der Waals surface area contributed by atoms with Crippen LogP contribution in [0, 0.1) is 0 Å². The van der Waals surface area contributed by atoms with Crippen molar-refractivity contribution in [2.75, 3.05) is 0 Å². The number of pyridine rings is 1. The Hall–Kier alpha value is -1.19. The highest BCUT2D eigenvalue weighted by atomic mass is 79.9. The maximum Gasteiger partial charge on any atom is 0.169 e. The maximum absolute atomic E-state index is 12.0. The number of rotatable bonds is 3. The maximum atomic E-state index is 12.0. The molecule has 0 unspecified atom stereocenters. The predicted octanol–water partition coefficient (Wildman–Crippen LogP) is 3.92. The minimum atomic E-state index is 0.0206. The van der Waals surface area contributed by atoms with Gasteiger partial charge in [0.05, 0.1) is 6.42 Å². The molecule has 4 heteroatoms. The second-order valence-corrected chi connectivity index (χ2v) is 4.77. The average Bonchev–Trinajstić information content (AvgIpc) is 2.29. The smallest absolute Gasteiger partial charge is 0.169 e. The molecule has 17 heavy (non-hydrogen) atoms. The van der Waals surface area contributed by atoms with Crippen LogP contribution in [0.5, 0.6) is 0 Å². The summed E-state index contributed by atoms with van der Waals surface area (Å²) in [6.07, 6.45) is 0.253. The minimum Gasteiger partial charge on any atom is -0.294 e. The first-order valence-electron chi connectivity index (χ1n) is 5.06. The first-order valence-corrected chi connectivity index (χ1v) is 6.23. The van der Waals surface area contributed by atoms with Crippen LogP contribution in [0.4, 0.5) is 0 Å². The molecule has 0 spiro atoms. The SMILES string of the molecule is O=C(Cc1cccc(Cl)n1)c1ccccc1Br. The fourth-order valence-electron chi connectivity index (χ4n) is 1.50. The summed E-state index contributed by atoms with van der Waals surface area (Å²) in [4.78, 5) is 16.1. The molecule has 2 nitrogen and oxygen atoms in total. The first-order chi connectivity index (χ1) is 8.16. The van der Waals surface area contributed by atoms with Gasteiger partial charge in [-0.3, -0.25) is 4.79 Å². The number of carbonyl (C=O) groups is 1. The molecule has 0 bridgehead atoms. The van der Waals surface area contributed by atoms with Crippen molar-refractivity contribution in [1.82, 2.24) is 4.98 Å². The monoisotopic (exact) mass is 309 g/mol. The van der Waals surface area contributed by atoms with Crippen LogP contribution >= 0.6 is 27.5 Å². The Morgan fingerprint density at radius 3 is 2.65 bits per heavy atom. The molecule has 0 aliphatic rings. The van der Waals surface area contributed by atoms with Crippen molar-refractivity contribution < 1.29 is 4.79 Å². The number of hydrogen-bond acceptors (Lipinski definition) is 2. The molecule has 0 saturated heterocycles. The summed E-state index contributed by atoms with van der Waals surface area (Å²) in [7, 11) is 0. The van der Waals surface area contributed by atoms with Gasteiger partial charge in [-0.25, -0.2) is 4.98 Å². The highest BCUT2D eigenvalue weighted by Crippen LogP contribution is 2.18. The van der Waals surface area contributed by atoms with Crippen LogP contribution in [0.1, 0.15) is 16.1 Å². The van der Waals surface area contributed by atoms with E-state index in [2.05, 4.69) is 20.9 Å². The highest BCUT2D eigenvalue weighted by Gasteiger charge is 2.10. The van der Waals surface area contributed by atoms with Crippen molar-refractivity contribution in [3.63, 3.8) is 0 Å². The lowest BCUT2D eigenvalue weighted by molar-refractivity contribution is 0.0991. The van der Waals surface area contributed by atoms with Crippen molar-refractivity contribution in [3.8, 4) is 0 Å². The number of hydrogen-bond donors (Lipinski definition) is 0. The second kappa shape index (κ2) is 5.43. The number of nitrogens with zero attached hydrogens (tertiary/aromatic N) is 1. The van der Waals surface area contributed by atoms with E-state index >= 15 is 0 Å². The average molecular weight is 311 g/mol. The van der Waals surface area contributed by atoms with Crippen LogP contribution in [-0.4, -0.2) is 10.8 Å².